The van der Waals surface area contributed by atoms with Crippen LogP contribution in [-0.4, -0.2) is 40.7 Å². The van der Waals surface area contributed by atoms with E-state index in [0.717, 1.165) is 0 Å². The number of anilines is 1. The number of sulfonamides is 1. The van der Waals surface area contributed by atoms with Crippen LogP contribution in [0.1, 0.15) is 17.3 Å². The average molecular weight is 358 g/mol. The lowest BCUT2D eigenvalue weighted by Gasteiger charge is -2.23. The molecule has 1 aromatic carbocycles. The monoisotopic (exact) mass is 358 g/mol. The van der Waals surface area contributed by atoms with Gasteiger partial charge in [-0.2, -0.15) is 8.42 Å². The molecule has 0 fully saturated rings. The van der Waals surface area contributed by atoms with Crippen LogP contribution in [0.25, 0.3) is 0 Å². The van der Waals surface area contributed by atoms with E-state index in [1.807, 2.05) is 0 Å². The van der Waals surface area contributed by atoms with Crippen molar-refractivity contribution >= 4 is 31.9 Å². The predicted octanol–water partition coefficient (Wildman–Crippen LogP) is 0.283. The maximum atomic E-state index is 14.1. The summed E-state index contributed by atoms with van der Waals surface area (Å²) >= 11 is 0. The summed E-state index contributed by atoms with van der Waals surface area (Å²) in [7, 11) is -8.91. The van der Waals surface area contributed by atoms with E-state index in [-0.39, 0.29) is 4.31 Å². The number of aromatic carboxylic acids is 1. The Morgan fingerprint density at radius 1 is 1.27 bits per heavy atom. The molecular weight excluding hydrogens is 346 g/mol. The highest BCUT2D eigenvalue weighted by Gasteiger charge is 2.30. The van der Waals surface area contributed by atoms with Gasteiger partial charge >= 0.3 is 16.2 Å². The molecule has 0 aliphatic carbocycles. The van der Waals surface area contributed by atoms with Crippen molar-refractivity contribution in [1.29, 1.82) is 0 Å². The second-order valence-corrected chi connectivity index (χ2v) is 7.69. The Hall–Kier alpha value is -1.79. The molecule has 0 unspecified atom stereocenters. The topological polar surface area (TPSA) is 121 Å². The first-order valence-electron chi connectivity index (χ1n) is 5.63. The van der Waals surface area contributed by atoms with Gasteiger partial charge in [0.15, 0.2) is 5.82 Å². The minimum Gasteiger partial charge on any atom is -0.477 e. The minimum absolute atomic E-state index is 0.273. The fraction of sp³-hybridized carbons (Fsp3) is 0.300. The number of carboxylic acid groups (broad SMARTS) is 1. The highest BCUT2D eigenvalue weighted by Crippen LogP contribution is 2.26. The van der Waals surface area contributed by atoms with Crippen LogP contribution in [0.3, 0.4) is 0 Å². The lowest BCUT2D eigenvalue weighted by molar-refractivity contribution is 0.0686. The third kappa shape index (κ3) is 3.90. The number of nitrogens with one attached hydrogen (secondary N) is 1. The Morgan fingerprint density at radius 2 is 1.82 bits per heavy atom. The number of carbonyl (C=O) groups is 1. The fourth-order valence-electron chi connectivity index (χ4n) is 1.64. The second-order valence-electron chi connectivity index (χ2n) is 4.09. The zero-order chi connectivity index (χ0) is 17.3. The van der Waals surface area contributed by atoms with E-state index in [2.05, 4.69) is 0 Å². The number of rotatable bonds is 6. The van der Waals surface area contributed by atoms with Crippen LogP contribution in [0.15, 0.2) is 12.1 Å². The largest absolute Gasteiger partial charge is 0.477 e. The first-order chi connectivity index (χ1) is 9.90. The minimum atomic E-state index is -4.72. The van der Waals surface area contributed by atoms with Crippen molar-refractivity contribution < 1.29 is 35.5 Å². The second kappa shape index (κ2) is 6.14. The van der Waals surface area contributed by atoms with Gasteiger partial charge in [-0.05, 0) is 19.1 Å². The number of benzene rings is 1. The molecule has 0 aliphatic rings. The summed E-state index contributed by atoms with van der Waals surface area (Å²) in [6.45, 7) is 0.831. The standard InChI is InChI=1S/C10H12F2N2O6S2/c1-3-14(22(19,20)13-21(2,17)18)7-5-4-6(11)8(9(7)12)10(15)16/h4-5,13H,3H2,1-2H3,(H,15,16). The quantitative estimate of drug-likeness (QED) is 0.754. The zero-order valence-corrected chi connectivity index (χ0v) is 13.0. The number of hydrogen-bond donors (Lipinski definition) is 2. The van der Waals surface area contributed by atoms with Crippen LogP contribution in [0.4, 0.5) is 14.5 Å². The third-order valence-corrected chi connectivity index (χ3v) is 5.48. The molecule has 8 nitrogen and oxygen atoms in total. The van der Waals surface area contributed by atoms with E-state index < -0.39 is 55.6 Å². The van der Waals surface area contributed by atoms with Crippen LogP contribution in [0.2, 0.25) is 0 Å². The molecule has 0 saturated heterocycles. The maximum Gasteiger partial charge on any atom is 0.341 e. The van der Waals surface area contributed by atoms with E-state index in [0.29, 0.717) is 18.4 Å². The number of halogens is 2. The van der Waals surface area contributed by atoms with E-state index >= 15 is 0 Å². The average Bonchev–Trinajstić information content (AvgIpc) is 2.29. The van der Waals surface area contributed by atoms with Gasteiger partial charge in [0.1, 0.15) is 11.4 Å². The molecule has 22 heavy (non-hydrogen) atoms. The molecular formula is C10H12F2N2O6S2. The third-order valence-electron chi connectivity index (χ3n) is 2.39. The van der Waals surface area contributed by atoms with Crippen molar-refractivity contribution in [3.63, 3.8) is 0 Å². The molecule has 124 valence electrons. The normalized spacial score (nSPS) is 12.2. The molecule has 2 N–H and O–H groups in total. The molecule has 0 saturated carbocycles. The van der Waals surface area contributed by atoms with E-state index in [4.69, 9.17) is 5.11 Å². The van der Waals surface area contributed by atoms with Crippen molar-refractivity contribution in [3.05, 3.63) is 29.3 Å². The Kier molecular flexibility index (Phi) is 5.10. The molecule has 0 atom stereocenters. The van der Waals surface area contributed by atoms with E-state index in [9.17, 15) is 30.4 Å². The Balaban J connectivity index is 3.51. The van der Waals surface area contributed by atoms with Crippen molar-refractivity contribution in [2.45, 2.75) is 6.92 Å². The maximum absolute atomic E-state index is 14.1. The van der Waals surface area contributed by atoms with E-state index in [1.165, 1.54) is 11.1 Å². The lowest BCUT2D eigenvalue weighted by atomic mass is 10.1. The molecule has 0 spiro atoms. The molecule has 0 amide bonds. The van der Waals surface area contributed by atoms with Gasteiger partial charge in [0.05, 0.1) is 11.9 Å². The van der Waals surface area contributed by atoms with Gasteiger partial charge in [-0.25, -0.2) is 22.0 Å². The predicted molar refractivity (Wildman–Crippen MR) is 73.2 cm³/mol. The Labute approximate surface area is 125 Å². The van der Waals surface area contributed by atoms with Crippen LogP contribution in [-0.2, 0) is 20.2 Å². The lowest BCUT2D eigenvalue weighted by Crippen LogP contribution is -2.43. The first kappa shape index (κ1) is 18.3. The first-order valence-corrected chi connectivity index (χ1v) is 8.96. The van der Waals surface area contributed by atoms with Gasteiger partial charge in [-0.15, -0.1) is 0 Å². The zero-order valence-electron chi connectivity index (χ0n) is 11.4. The van der Waals surface area contributed by atoms with Crippen molar-refractivity contribution in [1.82, 2.24) is 4.13 Å². The van der Waals surface area contributed by atoms with Gasteiger partial charge in [-0.3, -0.25) is 4.31 Å². The van der Waals surface area contributed by atoms with Gasteiger partial charge in [0.2, 0.25) is 10.0 Å². The summed E-state index contributed by atoms with van der Waals surface area (Å²) in [5.41, 5.74) is -2.14. The molecule has 0 bridgehead atoms. The number of nitrogens with zero attached hydrogens (tertiary/aromatic N) is 1. The van der Waals surface area contributed by atoms with Gasteiger partial charge in [-0.1, -0.05) is 4.13 Å². The Morgan fingerprint density at radius 3 is 2.23 bits per heavy atom. The van der Waals surface area contributed by atoms with Crippen LogP contribution in [0.5, 0.6) is 0 Å². The van der Waals surface area contributed by atoms with E-state index in [1.54, 1.807) is 0 Å². The van der Waals surface area contributed by atoms with Gasteiger partial charge < -0.3 is 5.11 Å². The fourth-order valence-corrected chi connectivity index (χ4v) is 4.27. The van der Waals surface area contributed by atoms with Gasteiger partial charge in [0, 0.05) is 6.54 Å². The van der Waals surface area contributed by atoms with Crippen molar-refractivity contribution in [3.8, 4) is 0 Å². The summed E-state index contributed by atoms with van der Waals surface area (Å²) in [6, 6.07) is 1.27. The smallest absolute Gasteiger partial charge is 0.341 e. The van der Waals surface area contributed by atoms with Crippen LogP contribution < -0.4 is 8.43 Å². The summed E-state index contributed by atoms with van der Waals surface area (Å²) in [6.07, 6.45) is 0.572. The highest BCUT2D eigenvalue weighted by molar-refractivity contribution is 8.05. The molecule has 1 rings (SSSR count). The summed E-state index contributed by atoms with van der Waals surface area (Å²) < 4.78 is 74.9. The molecule has 0 aromatic heterocycles. The Bertz CT molecular complexity index is 807. The molecule has 0 radical (unpaired) electrons. The van der Waals surface area contributed by atoms with Gasteiger partial charge in [0.25, 0.3) is 0 Å². The number of carboxylic acids is 1. The van der Waals surface area contributed by atoms with Crippen LogP contribution in [0, 0.1) is 11.6 Å². The SMILES string of the molecule is CCN(c1ccc(F)c(C(=O)O)c1F)S(=O)(=O)NS(C)(=O)=O. The molecule has 12 heteroatoms. The molecule has 1 aromatic rings. The van der Waals surface area contributed by atoms with Crippen molar-refractivity contribution in [2.75, 3.05) is 17.1 Å². The molecule has 0 heterocycles. The summed E-state index contributed by atoms with van der Waals surface area (Å²) in [5.74, 6) is -4.95. The molecule has 0 aliphatic heterocycles. The summed E-state index contributed by atoms with van der Waals surface area (Å²) in [5, 5.41) is 8.76. The van der Waals surface area contributed by atoms with Crippen LogP contribution >= 0.6 is 0 Å². The highest BCUT2D eigenvalue weighted by atomic mass is 32.3. The summed E-state index contributed by atoms with van der Waals surface area (Å²) in [4.78, 5) is 10.8. The number of hydrogen-bond acceptors (Lipinski definition) is 5. The van der Waals surface area contributed by atoms with Crippen molar-refractivity contribution in [2.24, 2.45) is 0 Å².